The van der Waals surface area contributed by atoms with Crippen LogP contribution in [0.2, 0.25) is 0 Å². The summed E-state index contributed by atoms with van der Waals surface area (Å²) in [6.45, 7) is 1.72. The summed E-state index contributed by atoms with van der Waals surface area (Å²) in [5.74, 6) is -1.56. The fraction of sp³-hybridized carbons (Fsp3) is 0.154. The van der Waals surface area contributed by atoms with E-state index in [0.717, 1.165) is 0 Å². The molecule has 19 heavy (non-hydrogen) atoms. The van der Waals surface area contributed by atoms with E-state index in [0.29, 0.717) is 11.0 Å². The molecule has 6 nitrogen and oxygen atoms in total. The number of ether oxygens (including phenoxy) is 1. The maximum Gasteiger partial charge on any atom is 0.374 e. The molecule has 0 aliphatic heterocycles. The Labute approximate surface area is 109 Å². The Kier molecular flexibility index (Phi) is 3.48. The lowest BCUT2D eigenvalue weighted by atomic mass is 10.2. The third-order valence-corrected chi connectivity index (χ3v) is 2.44. The van der Waals surface area contributed by atoms with Crippen LogP contribution in [0.15, 0.2) is 30.0 Å². The molecule has 1 heterocycles. The first-order chi connectivity index (χ1) is 9.17. The molecule has 0 aliphatic rings. The van der Waals surface area contributed by atoms with Crippen molar-refractivity contribution in [2.75, 3.05) is 6.61 Å². The minimum absolute atomic E-state index is 0.113. The van der Waals surface area contributed by atoms with E-state index in [4.69, 9.17) is 5.26 Å². The van der Waals surface area contributed by atoms with Crippen molar-refractivity contribution in [3.8, 4) is 6.07 Å². The van der Waals surface area contributed by atoms with Gasteiger partial charge in [-0.25, -0.2) is 9.78 Å². The third-order valence-electron chi connectivity index (χ3n) is 2.44. The van der Waals surface area contributed by atoms with Gasteiger partial charge in [-0.3, -0.25) is 0 Å². The Morgan fingerprint density at radius 1 is 1.53 bits per heavy atom. The number of hydrogen-bond donors (Lipinski definition) is 2. The highest BCUT2D eigenvalue weighted by Crippen LogP contribution is 2.19. The summed E-state index contributed by atoms with van der Waals surface area (Å²) in [4.78, 5) is 18.4. The molecule has 0 fully saturated rings. The first-order valence-electron chi connectivity index (χ1n) is 5.63. The number of para-hydroxylation sites is 2. The maximum absolute atomic E-state index is 11.4. The Balaban J connectivity index is 2.50. The van der Waals surface area contributed by atoms with Crippen LogP contribution in [0.25, 0.3) is 16.6 Å². The number of nitrogens with one attached hydrogen (secondary N) is 1. The van der Waals surface area contributed by atoms with Crippen molar-refractivity contribution < 1.29 is 14.6 Å². The van der Waals surface area contributed by atoms with Crippen LogP contribution in [-0.2, 0) is 9.53 Å². The number of nitrogens with zero attached hydrogens (tertiary/aromatic N) is 2. The van der Waals surface area contributed by atoms with Gasteiger partial charge in [0.15, 0.2) is 5.82 Å². The van der Waals surface area contributed by atoms with E-state index in [1.165, 1.54) is 0 Å². The average Bonchev–Trinajstić information content (AvgIpc) is 2.83. The number of aromatic nitrogens is 2. The second-order valence-electron chi connectivity index (χ2n) is 3.66. The molecule has 0 saturated carbocycles. The quantitative estimate of drug-likeness (QED) is 0.379. The van der Waals surface area contributed by atoms with Crippen molar-refractivity contribution in [3.63, 3.8) is 0 Å². The number of aliphatic hydroxyl groups is 1. The number of aromatic amines is 1. The van der Waals surface area contributed by atoms with Crippen LogP contribution < -0.4 is 0 Å². The van der Waals surface area contributed by atoms with Crippen LogP contribution in [0.1, 0.15) is 12.7 Å². The highest BCUT2D eigenvalue weighted by Gasteiger charge is 2.19. The van der Waals surface area contributed by atoms with Gasteiger partial charge in [0, 0.05) is 0 Å². The maximum atomic E-state index is 11.4. The number of rotatable bonds is 3. The zero-order chi connectivity index (χ0) is 13.8. The first-order valence-corrected chi connectivity index (χ1v) is 5.63. The third kappa shape index (κ3) is 2.40. The predicted molar refractivity (Wildman–Crippen MR) is 67.9 cm³/mol. The zero-order valence-corrected chi connectivity index (χ0v) is 10.2. The number of fused-ring (bicyclic) bond motifs is 1. The van der Waals surface area contributed by atoms with Gasteiger partial charge in [0.25, 0.3) is 0 Å². The van der Waals surface area contributed by atoms with Gasteiger partial charge in [-0.2, -0.15) is 5.26 Å². The van der Waals surface area contributed by atoms with Crippen molar-refractivity contribution in [2.45, 2.75) is 6.92 Å². The van der Waals surface area contributed by atoms with Crippen LogP contribution in [0, 0.1) is 11.3 Å². The lowest BCUT2D eigenvalue weighted by Gasteiger charge is -2.01. The van der Waals surface area contributed by atoms with Crippen molar-refractivity contribution in [1.29, 1.82) is 5.26 Å². The van der Waals surface area contributed by atoms with Gasteiger partial charge in [-0.05, 0) is 19.1 Å². The second-order valence-corrected chi connectivity index (χ2v) is 3.66. The molecule has 0 spiro atoms. The molecule has 6 heteroatoms. The van der Waals surface area contributed by atoms with E-state index in [9.17, 15) is 9.90 Å². The Morgan fingerprint density at radius 3 is 2.89 bits per heavy atom. The monoisotopic (exact) mass is 257 g/mol. The number of carbonyl (C=O) groups is 1. The van der Waals surface area contributed by atoms with Gasteiger partial charge in [0.1, 0.15) is 11.6 Å². The van der Waals surface area contributed by atoms with Crippen LogP contribution >= 0.6 is 0 Å². The van der Waals surface area contributed by atoms with E-state index >= 15 is 0 Å². The fourth-order valence-electron chi connectivity index (χ4n) is 1.59. The molecule has 2 rings (SSSR count). The Hall–Kier alpha value is -2.81. The van der Waals surface area contributed by atoms with Gasteiger partial charge >= 0.3 is 5.97 Å². The summed E-state index contributed by atoms with van der Waals surface area (Å²) in [6, 6.07) is 8.90. The average molecular weight is 257 g/mol. The Bertz CT molecular complexity index is 661. The summed E-state index contributed by atoms with van der Waals surface area (Å²) in [5.41, 5.74) is 1.11. The number of hydrogen-bond acceptors (Lipinski definition) is 5. The molecular formula is C13H11N3O3. The topological polar surface area (TPSA) is 99.0 Å². The van der Waals surface area contributed by atoms with Crippen LogP contribution in [0.4, 0.5) is 0 Å². The molecule has 0 amide bonds. The van der Waals surface area contributed by atoms with E-state index in [2.05, 4.69) is 14.7 Å². The second kappa shape index (κ2) is 5.23. The molecule has 0 atom stereocenters. The molecule has 0 saturated heterocycles. The summed E-state index contributed by atoms with van der Waals surface area (Å²) < 4.78 is 4.64. The van der Waals surface area contributed by atoms with Crippen LogP contribution in [0.5, 0.6) is 0 Å². The summed E-state index contributed by atoms with van der Waals surface area (Å²) in [6.07, 6.45) is 0. The summed E-state index contributed by atoms with van der Waals surface area (Å²) in [7, 11) is 0. The molecule has 2 aromatic rings. The van der Waals surface area contributed by atoms with E-state index in [1.54, 1.807) is 31.2 Å². The number of aliphatic hydroxyl groups excluding tert-OH is 1. The normalized spacial score (nSPS) is 11.8. The van der Waals surface area contributed by atoms with Gasteiger partial charge in [-0.15, -0.1) is 0 Å². The van der Waals surface area contributed by atoms with E-state index < -0.39 is 11.7 Å². The van der Waals surface area contributed by atoms with E-state index in [1.807, 2.05) is 6.07 Å². The minimum atomic E-state index is -0.945. The van der Waals surface area contributed by atoms with Gasteiger partial charge in [-0.1, -0.05) is 12.1 Å². The molecule has 0 bridgehead atoms. The van der Waals surface area contributed by atoms with E-state index in [-0.39, 0.29) is 18.0 Å². The predicted octanol–water partition coefficient (Wildman–Crippen LogP) is 1.92. The van der Waals surface area contributed by atoms with Crippen molar-refractivity contribution >= 4 is 22.6 Å². The number of allylic oxidation sites excluding steroid dienone is 1. The molecule has 1 aromatic carbocycles. The number of esters is 1. The highest BCUT2D eigenvalue weighted by atomic mass is 16.5. The molecule has 0 aliphatic carbocycles. The number of H-pyrrole nitrogens is 1. The van der Waals surface area contributed by atoms with Gasteiger partial charge in [0.2, 0.25) is 5.76 Å². The van der Waals surface area contributed by atoms with Crippen molar-refractivity contribution in [1.82, 2.24) is 9.97 Å². The number of nitriles is 1. The highest BCUT2D eigenvalue weighted by molar-refractivity contribution is 5.98. The zero-order valence-electron chi connectivity index (χ0n) is 10.2. The van der Waals surface area contributed by atoms with Crippen LogP contribution in [-0.4, -0.2) is 27.7 Å². The largest absolute Gasteiger partial charge is 0.501 e. The molecule has 1 aromatic heterocycles. The fourth-order valence-corrected chi connectivity index (χ4v) is 1.59. The standard InChI is InChI=1S/C13H11N3O3/c1-2-19-13(18)11(17)8(7-14)12-15-9-5-3-4-6-10(9)16-12/h3-6,17H,2H2,1H3,(H,15,16)/b11-8-. The molecular weight excluding hydrogens is 246 g/mol. The molecule has 0 unspecified atom stereocenters. The number of carbonyl (C=O) groups excluding carboxylic acids is 1. The van der Waals surface area contributed by atoms with Gasteiger partial charge < -0.3 is 14.8 Å². The van der Waals surface area contributed by atoms with Crippen molar-refractivity contribution in [3.05, 3.63) is 35.8 Å². The van der Waals surface area contributed by atoms with Gasteiger partial charge in [0.05, 0.1) is 17.6 Å². The smallest absolute Gasteiger partial charge is 0.374 e. The SMILES string of the molecule is CCOC(=O)/C(O)=C(\C#N)c1nc2ccccc2[nH]1. The minimum Gasteiger partial charge on any atom is -0.501 e. The molecule has 96 valence electrons. The molecule has 0 radical (unpaired) electrons. The first kappa shape index (κ1) is 12.6. The summed E-state index contributed by atoms with van der Waals surface area (Å²) in [5, 5.41) is 18.8. The van der Waals surface area contributed by atoms with Crippen LogP contribution in [0.3, 0.4) is 0 Å². The number of benzene rings is 1. The Morgan fingerprint density at radius 2 is 2.26 bits per heavy atom. The summed E-state index contributed by atoms with van der Waals surface area (Å²) >= 11 is 0. The molecule has 2 N–H and O–H groups in total. The lowest BCUT2D eigenvalue weighted by molar-refractivity contribution is -0.141. The van der Waals surface area contributed by atoms with Crippen molar-refractivity contribution in [2.24, 2.45) is 0 Å². The lowest BCUT2D eigenvalue weighted by Crippen LogP contribution is -2.09. The number of imidazole rings is 1.